The minimum atomic E-state index is -0.308. The van der Waals surface area contributed by atoms with Crippen LogP contribution in [0.15, 0.2) is 24.3 Å². The third-order valence-electron chi connectivity index (χ3n) is 4.46. The van der Waals surface area contributed by atoms with Crippen LogP contribution in [-0.4, -0.2) is 71.7 Å². The van der Waals surface area contributed by atoms with Gasteiger partial charge in [0.2, 0.25) is 17.7 Å². The fraction of sp³-hybridized carbons (Fsp3) is 0.500. The first-order valence-corrected chi connectivity index (χ1v) is 8.40. The van der Waals surface area contributed by atoms with E-state index in [1.807, 2.05) is 0 Å². The summed E-state index contributed by atoms with van der Waals surface area (Å²) in [6, 6.07) is 6.42. The van der Waals surface area contributed by atoms with Gasteiger partial charge in [-0.25, -0.2) is 4.39 Å². The minimum Gasteiger partial charge on any atom is -0.339 e. The molecule has 0 radical (unpaired) electrons. The van der Waals surface area contributed by atoms with Crippen molar-refractivity contribution in [2.45, 2.75) is 20.3 Å². The molecule has 1 saturated heterocycles. The van der Waals surface area contributed by atoms with Gasteiger partial charge in [-0.2, -0.15) is 0 Å². The zero-order chi connectivity index (χ0) is 18.4. The standard InChI is InChI=1S/C18H24FN3O3/c1-14(23)20-9-11-21(12-10-20)18(25)13-22(15(2)24)8-7-16-5-3-4-6-17(16)19/h3-6H,7-13H2,1-2H3. The normalized spacial score (nSPS) is 14.4. The van der Waals surface area contributed by atoms with Gasteiger partial charge in [-0.1, -0.05) is 18.2 Å². The highest BCUT2D eigenvalue weighted by atomic mass is 19.1. The van der Waals surface area contributed by atoms with Gasteiger partial charge in [-0.3, -0.25) is 14.4 Å². The Morgan fingerprint density at radius 3 is 2.20 bits per heavy atom. The average molecular weight is 349 g/mol. The summed E-state index contributed by atoms with van der Waals surface area (Å²) in [6.07, 6.45) is 0.359. The van der Waals surface area contributed by atoms with Gasteiger partial charge in [0, 0.05) is 46.6 Å². The van der Waals surface area contributed by atoms with Gasteiger partial charge >= 0.3 is 0 Å². The number of piperazine rings is 1. The van der Waals surface area contributed by atoms with Gasteiger partial charge in [0.05, 0.1) is 6.54 Å². The molecule has 0 N–H and O–H groups in total. The van der Waals surface area contributed by atoms with Crippen molar-refractivity contribution in [3.63, 3.8) is 0 Å². The molecule has 0 aromatic heterocycles. The Morgan fingerprint density at radius 2 is 1.64 bits per heavy atom. The van der Waals surface area contributed by atoms with Crippen molar-refractivity contribution >= 4 is 17.7 Å². The molecule has 0 aliphatic carbocycles. The Balaban J connectivity index is 1.88. The van der Waals surface area contributed by atoms with Crippen LogP contribution in [0.5, 0.6) is 0 Å². The first kappa shape index (κ1) is 18.9. The highest BCUT2D eigenvalue weighted by Crippen LogP contribution is 2.09. The van der Waals surface area contributed by atoms with Gasteiger partial charge in [-0.05, 0) is 18.1 Å². The number of carbonyl (C=O) groups is 3. The zero-order valence-electron chi connectivity index (χ0n) is 14.7. The van der Waals surface area contributed by atoms with Crippen LogP contribution < -0.4 is 0 Å². The summed E-state index contributed by atoms with van der Waals surface area (Å²) in [4.78, 5) is 40.4. The second kappa shape index (κ2) is 8.60. The van der Waals surface area contributed by atoms with Crippen molar-refractivity contribution in [2.75, 3.05) is 39.3 Å². The molecule has 7 heteroatoms. The van der Waals surface area contributed by atoms with Gasteiger partial charge < -0.3 is 14.7 Å². The molecule has 0 bridgehead atoms. The molecule has 0 atom stereocenters. The molecule has 0 saturated carbocycles. The first-order valence-electron chi connectivity index (χ1n) is 8.40. The molecule has 1 heterocycles. The van der Waals surface area contributed by atoms with Crippen LogP contribution in [0.4, 0.5) is 4.39 Å². The average Bonchev–Trinajstić information content (AvgIpc) is 2.59. The lowest BCUT2D eigenvalue weighted by Gasteiger charge is -2.35. The lowest BCUT2D eigenvalue weighted by atomic mass is 10.1. The predicted molar refractivity (Wildman–Crippen MR) is 91.2 cm³/mol. The van der Waals surface area contributed by atoms with Crippen molar-refractivity contribution in [3.05, 3.63) is 35.6 Å². The largest absolute Gasteiger partial charge is 0.339 e. The summed E-state index contributed by atoms with van der Waals surface area (Å²) >= 11 is 0. The number of amides is 3. The number of rotatable bonds is 5. The lowest BCUT2D eigenvalue weighted by Crippen LogP contribution is -2.52. The van der Waals surface area contributed by atoms with E-state index in [9.17, 15) is 18.8 Å². The zero-order valence-corrected chi connectivity index (χ0v) is 14.7. The molecule has 1 aliphatic rings. The van der Waals surface area contributed by atoms with Crippen molar-refractivity contribution in [1.29, 1.82) is 0 Å². The van der Waals surface area contributed by atoms with E-state index in [0.29, 0.717) is 38.2 Å². The molecule has 0 unspecified atom stereocenters. The van der Waals surface area contributed by atoms with Gasteiger partial charge in [-0.15, -0.1) is 0 Å². The van der Waals surface area contributed by atoms with E-state index in [4.69, 9.17) is 0 Å². The van der Waals surface area contributed by atoms with E-state index in [1.165, 1.54) is 24.8 Å². The van der Waals surface area contributed by atoms with Gasteiger partial charge in [0.15, 0.2) is 0 Å². The number of nitrogens with zero attached hydrogens (tertiary/aromatic N) is 3. The molecular weight excluding hydrogens is 325 g/mol. The molecule has 1 aliphatic heterocycles. The van der Waals surface area contributed by atoms with E-state index >= 15 is 0 Å². The molecule has 3 amide bonds. The number of hydrogen-bond acceptors (Lipinski definition) is 3. The van der Waals surface area contributed by atoms with E-state index in [2.05, 4.69) is 0 Å². The lowest BCUT2D eigenvalue weighted by molar-refractivity contribution is -0.142. The Hall–Kier alpha value is -2.44. The number of carbonyl (C=O) groups excluding carboxylic acids is 3. The number of benzene rings is 1. The third kappa shape index (κ3) is 5.27. The van der Waals surface area contributed by atoms with Gasteiger partial charge in [0.25, 0.3) is 0 Å². The summed E-state index contributed by atoms with van der Waals surface area (Å²) in [7, 11) is 0. The second-order valence-corrected chi connectivity index (χ2v) is 6.17. The topological polar surface area (TPSA) is 60.9 Å². The van der Waals surface area contributed by atoms with Crippen LogP contribution in [0, 0.1) is 5.82 Å². The smallest absolute Gasteiger partial charge is 0.242 e. The Kier molecular flexibility index (Phi) is 6.50. The molecule has 0 spiro atoms. The third-order valence-corrected chi connectivity index (χ3v) is 4.46. The van der Waals surface area contributed by atoms with Crippen LogP contribution in [0.1, 0.15) is 19.4 Å². The van der Waals surface area contributed by atoms with Crippen LogP contribution in [0.2, 0.25) is 0 Å². The molecular formula is C18H24FN3O3. The maximum atomic E-state index is 13.7. The molecule has 2 rings (SSSR count). The Labute approximate surface area is 147 Å². The highest BCUT2D eigenvalue weighted by Gasteiger charge is 2.24. The molecule has 6 nitrogen and oxygen atoms in total. The molecule has 1 aromatic rings. The Bertz CT molecular complexity index is 642. The van der Waals surface area contributed by atoms with E-state index in [1.54, 1.807) is 28.0 Å². The van der Waals surface area contributed by atoms with E-state index in [0.717, 1.165) is 0 Å². The van der Waals surface area contributed by atoms with Crippen LogP contribution in [0.3, 0.4) is 0 Å². The number of halogens is 1. The number of hydrogen-bond donors (Lipinski definition) is 0. The SMILES string of the molecule is CC(=O)N1CCN(C(=O)CN(CCc2ccccc2F)C(C)=O)CC1. The molecule has 1 fully saturated rings. The van der Waals surface area contributed by atoms with Crippen LogP contribution >= 0.6 is 0 Å². The summed E-state index contributed by atoms with van der Waals surface area (Å²) in [5, 5.41) is 0. The molecule has 1 aromatic carbocycles. The Morgan fingerprint density at radius 1 is 1.04 bits per heavy atom. The quantitative estimate of drug-likeness (QED) is 0.794. The minimum absolute atomic E-state index is 0.00218. The summed E-state index contributed by atoms with van der Waals surface area (Å²) in [5.74, 6) is -0.668. The molecule has 25 heavy (non-hydrogen) atoms. The maximum Gasteiger partial charge on any atom is 0.242 e. The van der Waals surface area contributed by atoms with E-state index in [-0.39, 0.29) is 36.6 Å². The summed E-state index contributed by atoms with van der Waals surface area (Å²) in [5.41, 5.74) is 0.524. The predicted octanol–water partition coefficient (Wildman–Crippen LogP) is 0.907. The van der Waals surface area contributed by atoms with Crippen LogP contribution in [0.25, 0.3) is 0 Å². The summed E-state index contributed by atoms with van der Waals surface area (Å²) in [6.45, 7) is 5.14. The summed E-state index contributed by atoms with van der Waals surface area (Å²) < 4.78 is 13.7. The fourth-order valence-corrected chi connectivity index (χ4v) is 2.84. The maximum absolute atomic E-state index is 13.7. The van der Waals surface area contributed by atoms with Crippen LogP contribution in [-0.2, 0) is 20.8 Å². The first-order chi connectivity index (χ1) is 11.9. The van der Waals surface area contributed by atoms with Crippen molar-refractivity contribution < 1.29 is 18.8 Å². The van der Waals surface area contributed by atoms with Crippen molar-refractivity contribution in [2.24, 2.45) is 0 Å². The fourth-order valence-electron chi connectivity index (χ4n) is 2.84. The molecule has 136 valence electrons. The monoisotopic (exact) mass is 349 g/mol. The van der Waals surface area contributed by atoms with Crippen molar-refractivity contribution in [1.82, 2.24) is 14.7 Å². The van der Waals surface area contributed by atoms with Crippen molar-refractivity contribution in [3.8, 4) is 0 Å². The van der Waals surface area contributed by atoms with E-state index < -0.39 is 0 Å². The second-order valence-electron chi connectivity index (χ2n) is 6.17. The van der Waals surface area contributed by atoms with Gasteiger partial charge in [0.1, 0.15) is 5.82 Å². The highest BCUT2D eigenvalue weighted by molar-refractivity contribution is 5.84.